The third-order valence-electron chi connectivity index (χ3n) is 4.21. The smallest absolute Gasteiger partial charge is 0.181 e. The second-order valence-corrected chi connectivity index (χ2v) is 5.97. The maximum atomic E-state index is 14.3. The summed E-state index contributed by atoms with van der Waals surface area (Å²) < 4.78 is 34.0. The topological polar surface area (TPSA) is 39.9 Å². The fraction of sp³-hybridized carbons (Fsp3) is 0.444. The number of benzene rings is 1. The summed E-state index contributed by atoms with van der Waals surface area (Å²) in [7, 11) is 0. The van der Waals surface area contributed by atoms with E-state index in [4.69, 9.17) is 4.74 Å². The standard InChI is InChI=1S/C18H21F2N3O/c1-3-13(11-19)12-24-15-7-5-14(6-8-15)16-21-17(18(20)9-10-18)23(4-2)22-16/h5-8,11H,3-4,9-10,12H2,1-2H3/b13-11+. The minimum Gasteiger partial charge on any atom is -0.489 e. The summed E-state index contributed by atoms with van der Waals surface area (Å²) in [5.74, 6) is 1.58. The van der Waals surface area contributed by atoms with E-state index in [1.807, 2.05) is 26.0 Å². The van der Waals surface area contributed by atoms with E-state index in [0.29, 0.717) is 55.1 Å². The summed E-state index contributed by atoms with van der Waals surface area (Å²) in [4.78, 5) is 4.39. The molecule has 1 fully saturated rings. The van der Waals surface area contributed by atoms with Crippen molar-refractivity contribution >= 4 is 0 Å². The molecule has 2 aromatic rings. The Morgan fingerprint density at radius 1 is 1.29 bits per heavy atom. The highest BCUT2D eigenvalue weighted by atomic mass is 19.1. The van der Waals surface area contributed by atoms with Gasteiger partial charge >= 0.3 is 0 Å². The summed E-state index contributed by atoms with van der Waals surface area (Å²) >= 11 is 0. The van der Waals surface area contributed by atoms with Gasteiger partial charge in [-0.2, -0.15) is 5.10 Å². The molecule has 0 saturated heterocycles. The molecule has 0 N–H and O–H groups in total. The van der Waals surface area contributed by atoms with E-state index in [0.717, 1.165) is 5.56 Å². The SMILES string of the molecule is CC/C(=C\F)COc1ccc(-c2nc(C3(F)CC3)n(CC)n2)cc1. The van der Waals surface area contributed by atoms with E-state index in [2.05, 4.69) is 10.1 Å². The monoisotopic (exact) mass is 333 g/mol. The zero-order valence-electron chi connectivity index (χ0n) is 13.9. The van der Waals surface area contributed by atoms with Gasteiger partial charge in [-0.05, 0) is 56.0 Å². The molecule has 0 unspecified atom stereocenters. The molecule has 0 amide bonds. The zero-order valence-corrected chi connectivity index (χ0v) is 13.9. The Kier molecular flexibility index (Phi) is 4.64. The highest BCUT2D eigenvalue weighted by molar-refractivity contribution is 5.56. The molecular formula is C18H21F2N3O. The number of aryl methyl sites for hydroxylation is 1. The van der Waals surface area contributed by atoms with Crippen LogP contribution >= 0.6 is 0 Å². The third kappa shape index (κ3) is 3.32. The Morgan fingerprint density at radius 2 is 2.00 bits per heavy atom. The van der Waals surface area contributed by atoms with Crippen LogP contribution in [-0.2, 0) is 12.2 Å². The lowest BCUT2D eigenvalue weighted by atomic mass is 10.2. The number of aromatic nitrogens is 3. The summed E-state index contributed by atoms with van der Waals surface area (Å²) in [6, 6.07) is 7.24. The number of halogens is 2. The highest BCUT2D eigenvalue weighted by Crippen LogP contribution is 2.49. The maximum absolute atomic E-state index is 14.3. The molecule has 0 bridgehead atoms. The Morgan fingerprint density at radius 3 is 2.54 bits per heavy atom. The van der Waals surface area contributed by atoms with Crippen molar-refractivity contribution in [3.63, 3.8) is 0 Å². The van der Waals surface area contributed by atoms with Gasteiger partial charge in [0.1, 0.15) is 12.4 Å². The number of ether oxygens (including phenoxy) is 1. The van der Waals surface area contributed by atoms with Gasteiger partial charge in [-0.15, -0.1) is 0 Å². The van der Waals surface area contributed by atoms with Gasteiger partial charge in [0.05, 0.1) is 6.33 Å². The van der Waals surface area contributed by atoms with Crippen molar-refractivity contribution in [1.82, 2.24) is 14.8 Å². The van der Waals surface area contributed by atoms with E-state index >= 15 is 0 Å². The van der Waals surface area contributed by atoms with Crippen molar-refractivity contribution in [1.29, 1.82) is 0 Å². The Hall–Kier alpha value is -2.24. The van der Waals surface area contributed by atoms with Crippen LogP contribution in [-0.4, -0.2) is 21.4 Å². The third-order valence-corrected chi connectivity index (χ3v) is 4.21. The van der Waals surface area contributed by atoms with Crippen LogP contribution in [0.3, 0.4) is 0 Å². The molecule has 6 heteroatoms. The zero-order chi connectivity index (χ0) is 17.2. The number of nitrogens with zero attached hydrogens (tertiary/aromatic N) is 3. The fourth-order valence-electron chi connectivity index (χ4n) is 2.44. The molecular weight excluding hydrogens is 312 g/mol. The molecule has 1 aromatic heterocycles. The predicted octanol–water partition coefficient (Wildman–Crippen LogP) is 4.57. The van der Waals surface area contributed by atoms with E-state index in [1.54, 1.807) is 16.8 Å². The van der Waals surface area contributed by atoms with Gasteiger partial charge in [0.15, 0.2) is 17.3 Å². The highest BCUT2D eigenvalue weighted by Gasteiger charge is 2.49. The summed E-state index contributed by atoms with van der Waals surface area (Å²) in [5, 5.41) is 4.40. The van der Waals surface area contributed by atoms with Gasteiger partial charge in [0.25, 0.3) is 0 Å². The van der Waals surface area contributed by atoms with Crippen LogP contribution < -0.4 is 4.74 Å². The van der Waals surface area contributed by atoms with Gasteiger partial charge in [-0.3, -0.25) is 0 Å². The summed E-state index contributed by atoms with van der Waals surface area (Å²) in [5.41, 5.74) is 0.0982. The molecule has 1 heterocycles. The average molecular weight is 333 g/mol. The van der Waals surface area contributed by atoms with E-state index in [9.17, 15) is 8.78 Å². The Labute approximate surface area is 140 Å². The largest absolute Gasteiger partial charge is 0.489 e. The first kappa shape index (κ1) is 16.6. The van der Waals surface area contributed by atoms with Crippen LogP contribution in [0.1, 0.15) is 38.9 Å². The van der Waals surface area contributed by atoms with Gasteiger partial charge < -0.3 is 4.74 Å². The lowest BCUT2D eigenvalue weighted by molar-refractivity contribution is 0.286. The van der Waals surface area contributed by atoms with Crippen molar-refractivity contribution < 1.29 is 13.5 Å². The molecule has 0 aliphatic heterocycles. The molecule has 24 heavy (non-hydrogen) atoms. The number of rotatable bonds is 7. The molecule has 0 radical (unpaired) electrons. The van der Waals surface area contributed by atoms with E-state index < -0.39 is 5.67 Å². The van der Waals surface area contributed by atoms with E-state index in [-0.39, 0.29) is 6.61 Å². The van der Waals surface area contributed by atoms with Gasteiger partial charge in [-0.1, -0.05) is 6.92 Å². The minimum absolute atomic E-state index is 0.226. The second-order valence-electron chi connectivity index (χ2n) is 5.97. The van der Waals surface area contributed by atoms with Crippen molar-refractivity contribution in [2.24, 2.45) is 0 Å². The van der Waals surface area contributed by atoms with Crippen LogP contribution in [0.4, 0.5) is 8.78 Å². The molecule has 3 rings (SSSR count). The molecule has 1 saturated carbocycles. The molecule has 1 aliphatic rings. The molecule has 1 aliphatic carbocycles. The van der Waals surface area contributed by atoms with Crippen LogP contribution in [0.25, 0.3) is 11.4 Å². The first-order valence-corrected chi connectivity index (χ1v) is 8.25. The van der Waals surface area contributed by atoms with Gasteiger partial charge in [0, 0.05) is 12.1 Å². The van der Waals surface area contributed by atoms with Crippen molar-refractivity contribution in [3.8, 4) is 17.1 Å². The lowest BCUT2D eigenvalue weighted by Crippen LogP contribution is -2.10. The average Bonchev–Trinajstić information content (AvgIpc) is 3.21. The molecule has 4 nitrogen and oxygen atoms in total. The van der Waals surface area contributed by atoms with Gasteiger partial charge in [-0.25, -0.2) is 18.4 Å². The van der Waals surface area contributed by atoms with Crippen molar-refractivity contribution in [3.05, 3.63) is 42.0 Å². The lowest BCUT2D eigenvalue weighted by Gasteiger charge is -2.07. The Balaban J connectivity index is 1.75. The quantitative estimate of drug-likeness (QED) is 0.745. The summed E-state index contributed by atoms with van der Waals surface area (Å²) in [6.45, 7) is 4.62. The van der Waals surface area contributed by atoms with Crippen LogP contribution in [0.5, 0.6) is 5.75 Å². The fourth-order valence-corrected chi connectivity index (χ4v) is 2.44. The van der Waals surface area contributed by atoms with Gasteiger partial charge in [0.2, 0.25) is 0 Å². The van der Waals surface area contributed by atoms with E-state index in [1.165, 1.54) is 0 Å². The van der Waals surface area contributed by atoms with Crippen LogP contribution in [0, 0.1) is 0 Å². The van der Waals surface area contributed by atoms with Crippen LogP contribution in [0.2, 0.25) is 0 Å². The van der Waals surface area contributed by atoms with Crippen LogP contribution in [0.15, 0.2) is 36.2 Å². The summed E-state index contributed by atoms with van der Waals surface area (Å²) in [6.07, 6.45) is 2.22. The number of alkyl halides is 1. The second kappa shape index (κ2) is 6.71. The van der Waals surface area contributed by atoms with Crippen molar-refractivity contribution in [2.75, 3.05) is 6.61 Å². The number of hydrogen-bond donors (Lipinski definition) is 0. The minimum atomic E-state index is -1.31. The predicted molar refractivity (Wildman–Crippen MR) is 88.1 cm³/mol. The molecule has 128 valence electrons. The normalized spacial score (nSPS) is 16.2. The Bertz CT molecular complexity index is 733. The van der Waals surface area contributed by atoms with Crippen molar-refractivity contribution in [2.45, 2.75) is 45.3 Å². The molecule has 1 aromatic carbocycles. The molecule has 0 atom stereocenters. The number of hydrogen-bond acceptors (Lipinski definition) is 3. The maximum Gasteiger partial charge on any atom is 0.181 e. The first-order chi connectivity index (χ1) is 11.6. The molecule has 0 spiro atoms. The first-order valence-electron chi connectivity index (χ1n) is 8.25.